The first-order valence-corrected chi connectivity index (χ1v) is 6.42. The van der Waals surface area contributed by atoms with Crippen molar-refractivity contribution in [2.24, 2.45) is 5.84 Å². The summed E-state index contributed by atoms with van der Waals surface area (Å²) in [6.45, 7) is 0. The minimum Gasteiger partial charge on any atom is -0.493 e. The van der Waals surface area contributed by atoms with Crippen molar-refractivity contribution < 1.29 is 13.9 Å². The van der Waals surface area contributed by atoms with Crippen LogP contribution in [0.5, 0.6) is 11.5 Å². The van der Waals surface area contributed by atoms with Gasteiger partial charge >= 0.3 is 0 Å². The Kier molecular flexibility index (Phi) is 4.47. The summed E-state index contributed by atoms with van der Waals surface area (Å²) in [7, 11) is 3.19. The predicted molar refractivity (Wildman–Crippen MR) is 75.1 cm³/mol. The molecule has 2 aromatic rings. The van der Waals surface area contributed by atoms with Crippen LogP contribution in [-0.4, -0.2) is 14.2 Å². The molecule has 0 saturated heterocycles. The number of benzene rings is 1. The van der Waals surface area contributed by atoms with Crippen LogP contribution < -0.4 is 20.7 Å². The zero-order valence-corrected chi connectivity index (χ0v) is 12.2. The molecule has 0 saturated carbocycles. The van der Waals surface area contributed by atoms with E-state index >= 15 is 0 Å². The lowest BCUT2D eigenvalue weighted by Gasteiger charge is -2.16. The van der Waals surface area contributed by atoms with E-state index in [0.717, 1.165) is 5.56 Å². The maximum Gasteiger partial charge on any atom is 0.169 e. The Morgan fingerprint density at radius 3 is 2.42 bits per heavy atom. The van der Waals surface area contributed by atoms with Gasteiger partial charge in [-0.3, -0.25) is 5.84 Å². The van der Waals surface area contributed by atoms with E-state index in [1.54, 1.807) is 14.2 Å². The molecule has 3 N–H and O–H groups in total. The fourth-order valence-corrected chi connectivity index (χ4v) is 2.18. The summed E-state index contributed by atoms with van der Waals surface area (Å²) in [6, 6.07) is 9.01. The SMILES string of the molecule is COc1ccc(C(NN)c2ccc(Br)o2)cc1OC. The standard InChI is InChI=1S/C13H15BrN2O3/c1-17-9-4-3-8(7-11(9)18-2)13(16-15)10-5-6-12(14)19-10/h3-7,13,16H,15H2,1-2H3. The first-order chi connectivity index (χ1) is 9.19. The van der Waals surface area contributed by atoms with Crippen molar-refractivity contribution in [1.82, 2.24) is 5.43 Å². The summed E-state index contributed by atoms with van der Waals surface area (Å²) in [5, 5.41) is 0. The molecule has 0 amide bonds. The normalized spacial score (nSPS) is 12.2. The lowest BCUT2D eigenvalue weighted by molar-refractivity contribution is 0.353. The van der Waals surface area contributed by atoms with Crippen LogP contribution in [0.2, 0.25) is 0 Å². The van der Waals surface area contributed by atoms with E-state index in [9.17, 15) is 0 Å². The maximum absolute atomic E-state index is 5.61. The Labute approximate surface area is 119 Å². The van der Waals surface area contributed by atoms with Crippen LogP contribution in [0.1, 0.15) is 17.4 Å². The molecule has 5 nitrogen and oxygen atoms in total. The fourth-order valence-electron chi connectivity index (χ4n) is 1.86. The highest BCUT2D eigenvalue weighted by atomic mass is 79.9. The molecule has 0 radical (unpaired) electrons. The van der Waals surface area contributed by atoms with Gasteiger partial charge in [0.05, 0.1) is 14.2 Å². The molecule has 19 heavy (non-hydrogen) atoms. The third-order valence-electron chi connectivity index (χ3n) is 2.79. The van der Waals surface area contributed by atoms with Crippen molar-refractivity contribution in [3.05, 3.63) is 46.3 Å². The average molecular weight is 327 g/mol. The van der Waals surface area contributed by atoms with Gasteiger partial charge in [-0.05, 0) is 45.8 Å². The van der Waals surface area contributed by atoms with E-state index in [1.165, 1.54) is 0 Å². The summed E-state index contributed by atoms with van der Waals surface area (Å²) in [4.78, 5) is 0. The smallest absolute Gasteiger partial charge is 0.169 e. The van der Waals surface area contributed by atoms with Crippen molar-refractivity contribution in [3.8, 4) is 11.5 Å². The summed E-state index contributed by atoms with van der Waals surface area (Å²) in [5.41, 5.74) is 3.64. The number of ether oxygens (including phenoxy) is 2. The number of hydrogen-bond donors (Lipinski definition) is 2. The first-order valence-electron chi connectivity index (χ1n) is 5.63. The van der Waals surface area contributed by atoms with Gasteiger partial charge in [0.1, 0.15) is 11.8 Å². The molecule has 0 bridgehead atoms. The van der Waals surface area contributed by atoms with Crippen LogP contribution in [0.15, 0.2) is 39.4 Å². The molecule has 0 aliphatic carbocycles. The molecule has 6 heteroatoms. The van der Waals surface area contributed by atoms with E-state index in [0.29, 0.717) is 21.9 Å². The third-order valence-corrected chi connectivity index (χ3v) is 3.21. The Morgan fingerprint density at radius 1 is 1.16 bits per heavy atom. The minimum absolute atomic E-state index is 0.258. The van der Waals surface area contributed by atoms with E-state index in [4.69, 9.17) is 19.7 Å². The van der Waals surface area contributed by atoms with Gasteiger partial charge < -0.3 is 13.9 Å². The van der Waals surface area contributed by atoms with Gasteiger partial charge in [-0.1, -0.05) is 6.07 Å². The third kappa shape index (κ3) is 2.91. The largest absolute Gasteiger partial charge is 0.493 e. The van der Waals surface area contributed by atoms with Gasteiger partial charge in [-0.2, -0.15) is 0 Å². The van der Waals surface area contributed by atoms with Crippen LogP contribution in [0.3, 0.4) is 0 Å². The van der Waals surface area contributed by atoms with E-state index < -0.39 is 0 Å². The predicted octanol–water partition coefficient (Wildman–Crippen LogP) is 2.61. The maximum atomic E-state index is 5.61. The summed E-state index contributed by atoms with van der Waals surface area (Å²) < 4.78 is 16.7. The number of hydrazine groups is 1. The molecule has 0 aliphatic rings. The van der Waals surface area contributed by atoms with E-state index in [1.807, 2.05) is 30.3 Å². The summed E-state index contributed by atoms with van der Waals surface area (Å²) in [5.74, 6) is 7.63. The lowest BCUT2D eigenvalue weighted by atomic mass is 10.0. The number of methoxy groups -OCH3 is 2. The Bertz CT molecular complexity index is 557. The number of furan rings is 1. The fraction of sp³-hybridized carbons (Fsp3) is 0.231. The molecule has 0 fully saturated rings. The number of nitrogens with one attached hydrogen (secondary N) is 1. The Morgan fingerprint density at radius 2 is 1.89 bits per heavy atom. The average Bonchev–Trinajstić information content (AvgIpc) is 2.86. The summed E-state index contributed by atoms with van der Waals surface area (Å²) in [6.07, 6.45) is 0. The van der Waals surface area contributed by atoms with Gasteiger partial charge in [-0.25, -0.2) is 5.43 Å². The molecule has 0 aliphatic heterocycles. The van der Waals surface area contributed by atoms with Gasteiger partial charge in [-0.15, -0.1) is 0 Å². The van der Waals surface area contributed by atoms with Crippen molar-refractivity contribution in [2.45, 2.75) is 6.04 Å². The van der Waals surface area contributed by atoms with Crippen LogP contribution in [-0.2, 0) is 0 Å². The van der Waals surface area contributed by atoms with E-state index in [-0.39, 0.29) is 6.04 Å². The van der Waals surface area contributed by atoms with Crippen molar-refractivity contribution >= 4 is 15.9 Å². The zero-order chi connectivity index (χ0) is 13.8. The summed E-state index contributed by atoms with van der Waals surface area (Å²) >= 11 is 3.27. The monoisotopic (exact) mass is 326 g/mol. The second kappa shape index (κ2) is 6.10. The number of halogens is 1. The highest BCUT2D eigenvalue weighted by Crippen LogP contribution is 2.32. The van der Waals surface area contributed by atoms with Crippen LogP contribution in [0.25, 0.3) is 0 Å². The van der Waals surface area contributed by atoms with Gasteiger partial charge in [0.25, 0.3) is 0 Å². The second-order valence-electron chi connectivity index (χ2n) is 3.86. The molecule has 102 valence electrons. The zero-order valence-electron chi connectivity index (χ0n) is 10.6. The van der Waals surface area contributed by atoms with Gasteiger partial charge in [0, 0.05) is 0 Å². The first kappa shape index (κ1) is 13.9. The molecule has 1 unspecified atom stereocenters. The Hall–Kier alpha value is -1.50. The van der Waals surface area contributed by atoms with Crippen molar-refractivity contribution in [3.63, 3.8) is 0 Å². The van der Waals surface area contributed by atoms with Crippen molar-refractivity contribution in [1.29, 1.82) is 0 Å². The molecule has 0 spiro atoms. The molecule has 1 aromatic heterocycles. The van der Waals surface area contributed by atoms with Crippen molar-refractivity contribution in [2.75, 3.05) is 14.2 Å². The highest BCUT2D eigenvalue weighted by molar-refractivity contribution is 9.10. The molecular weight excluding hydrogens is 312 g/mol. The van der Waals surface area contributed by atoms with Crippen LogP contribution >= 0.6 is 15.9 Å². The molecular formula is C13H15BrN2O3. The molecule has 1 heterocycles. The number of nitrogens with two attached hydrogens (primary N) is 1. The lowest BCUT2D eigenvalue weighted by Crippen LogP contribution is -2.28. The van der Waals surface area contributed by atoms with Crippen LogP contribution in [0.4, 0.5) is 0 Å². The van der Waals surface area contributed by atoms with Gasteiger partial charge in [0.15, 0.2) is 16.2 Å². The number of hydrogen-bond acceptors (Lipinski definition) is 5. The topological polar surface area (TPSA) is 69.7 Å². The second-order valence-corrected chi connectivity index (χ2v) is 4.64. The van der Waals surface area contributed by atoms with Gasteiger partial charge in [0.2, 0.25) is 0 Å². The minimum atomic E-state index is -0.258. The molecule has 2 rings (SSSR count). The molecule has 1 atom stereocenters. The quantitative estimate of drug-likeness (QED) is 0.653. The number of rotatable bonds is 5. The van der Waals surface area contributed by atoms with Crippen LogP contribution in [0, 0.1) is 0 Å². The molecule has 1 aromatic carbocycles. The highest BCUT2D eigenvalue weighted by Gasteiger charge is 2.18. The Balaban J connectivity index is 2.38. The van der Waals surface area contributed by atoms with E-state index in [2.05, 4.69) is 21.4 Å².